The van der Waals surface area contributed by atoms with Crippen molar-refractivity contribution in [2.24, 2.45) is 4.99 Å². The van der Waals surface area contributed by atoms with Gasteiger partial charge in [-0.2, -0.15) is 0 Å². The second-order valence-electron chi connectivity index (χ2n) is 7.99. The van der Waals surface area contributed by atoms with Crippen molar-refractivity contribution in [1.82, 2.24) is 20.4 Å². The average molecular weight is 390 g/mol. The Morgan fingerprint density at radius 2 is 1.79 bits per heavy atom. The van der Waals surface area contributed by atoms with Crippen molar-refractivity contribution in [2.45, 2.75) is 52.9 Å². The Morgan fingerprint density at radius 1 is 1.11 bits per heavy atom. The number of rotatable bonds is 9. The molecular weight excluding hydrogens is 350 g/mol. The lowest BCUT2D eigenvalue weighted by Crippen LogP contribution is -2.45. The minimum Gasteiger partial charge on any atom is -0.379 e. The molecule has 0 amide bonds. The van der Waals surface area contributed by atoms with E-state index in [0.29, 0.717) is 12.1 Å². The van der Waals surface area contributed by atoms with Crippen molar-refractivity contribution in [3.05, 3.63) is 35.4 Å². The molecule has 2 N–H and O–H groups in total. The highest BCUT2D eigenvalue weighted by atomic mass is 16.5. The van der Waals surface area contributed by atoms with Gasteiger partial charge in [0.2, 0.25) is 0 Å². The molecule has 2 rings (SSSR count). The van der Waals surface area contributed by atoms with Gasteiger partial charge >= 0.3 is 0 Å². The van der Waals surface area contributed by atoms with Crippen LogP contribution in [0.1, 0.15) is 38.8 Å². The van der Waals surface area contributed by atoms with Gasteiger partial charge in [0, 0.05) is 58.4 Å². The number of hydrogen-bond donors (Lipinski definition) is 2. The molecule has 1 heterocycles. The van der Waals surface area contributed by atoms with Crippen LogP contribution in [-0.4, -0.2) is 74.3 Å². The Kier molecular flexibility index (Phi) is 9.75. The van der Waals surface area contributed by atoms with E-state index in [0.717, 1.165) is 58.4 Å². The van der Waals surface area contributed by atoms with E-state index in [9.17, 15) is 0 Å². The molecule has 0 spiro atoms. The Hall–Kier alpha value is -1.63. The zero-order chi connectivity index (χ0) is 20.4. The molecule has 1 aromatic carbocycles. The average Bonchev–Trinajstić information content (AvgIpc) is 2.68. The molecule has 0 unspecified atom stereocenters. The molecule has 1 aromatic rings. The maximum Gasteiger partial charge on any atom is 0.191 e. The van der Waals surface area contributed by atoms with Gasteiger partial charge in [-0.1, -0.05) is 24.3 Å². The first kappa shape index (κ1) is 22.7. The minimum absolute atomic E-state index is 0.547. The van der Waals surface area contributed by atoms with Crippen LogP contribution in [0, 0.1) is 0 Å². The van der Waals surface area contributed by atoms with Crippen LogP contribution in [0.15, 0.2) is 29.3 Å². The highest BCUT2D eigenvalue weighted by Gasteiger charge is 2.13. The number of nitrogens with one attached hydrogen (secondary N) is 2. The summed E-state index contributed by atoms with van der Waals surface area (Å²) in [5.74, 6) is 0.853. The first-order valence-electron chi connectivity index (χ1n) is 10.6. The number of guanidine groups is 1. The third-order valence-corrected chi connectivity index (χ3v) is 5.17. The van der Waals surface area contributed by atoms with E-state index in [1.54, 1.807) is 0 Å². The molecule has 0 aromatic heterocycles. The second kappa shape index (κ2) is 12.0. The fourth-order valence-electron chi connectivity index (χ4n) is 3.68. The lowest BCUT2D eigenvalue weighted by Gasteiger charge is -2.30. The van der Waals surface area contributed by atoms with Crippen molar-refractivity contribution < 1.29 is 4.74 Å². The molecule has 0 aliphatic carbocycles. The zero-order valence-corrected chi connectivity index (χ0v) is 18.4. The molecular formula is C22H39N5O. The fraction of sp³-hybridized carbons (Fsp3) is 0.682. The van der Waals surface area contributed by atoms with Gasteiger partial charge in [0.15, 0.2) is 5.96 Å². The summed E-state index contributed by atoms with van der Waals surface area (Å²) in [6, 6.07) is 9.90. The van der Waals surface area contributed by atoms with Gasteiger partial charge in [-0.3, -0.25) is 14.8 Å². The quantitative estimate of drug-likeness (QED) is 0.501. The highest BCUT2D eigenvalue weighted by molar-refractivity contribution is 5.79. The van der Waals surface area contributed by atoms with Crippen LogP contribution >= 0.6 is 0 Å². The van der Waals surface area contributed by atoms with E-state index >= 15 is 0 Å². The number of morpholine rings is 1. The normalized spacial score (nSPS) is 16.2. The number of nitrogens with zero attached hydrogens (tertiary/aromatic N) is 3. The van der Waals surface area contributed by atoms with E-state index in [2.05, 4.69) is 77.4 Å². The Balaban J connectivity index is 1.78. The molecule has 28 heavy (non-hydrogen) atoms. The van der Waals surface area contributed by atoms with Gasteiger partial charge in [-0.25, -0.2) is 0 Å². The number of benzene rings is 1. The van der Waals surface area contributed by atoms with Gasteiger partial charge in [-0.05, 0) is 38.8 Å². The highest BCUT2D eigenvalue weighted by Crippen LogP contribution is 2.10. The number of ether oxygens (including phenoxy) is 1. The van der Waals surface area contributed by atoms with Crippen LogP contribution in [0.3, 0.4) is 0 Å². The topological polar surface area (TPSA) is 52.1 Å². The van der Waals surface area contributed by atoms with Crippen LogP contribution in [0.25, 0.3) is 0 Å². The maximum atomic E-state index is 5.44. The molecule has 0 atom stereocenters. The molecule has 0 saturated carbocycles. The summed E-state index contributed by atoms with van der Waals surface area (Å²) in [4.78, 5) is 9.29. The molecule has 1 fully saturated rings. The van der Waals surface area contributed by atoms with Crippen molar-refractivity contribution in [2.75, 3.05) is 46.4 Å². The van der Waals surface area contributed by atoms with Crippen molar-refractivity contribution in [1.29, 1.82) is 0 Å². The van der Waals surface area contributed by atoms with Crippen molar-refractivity contribution >= 4 is 5.96 Å². The molecule has 0 bridgehead atoms. The van der Waals surface area contributed by atoms with Crippen LogP contribution in [0.4, 0.5) is 0 Å². The van der Waals surface area contributed by atoms with Gasteiger partial charge in [0.05, 0.1) is 13.2 Å². The molecule has 6 heteroatoms. The Bertz CT molecular complexity index is 588. The second-order valence-corrected chi connectivity index (χ2v) is 7.99. The van der Waals surface area contributed by atoms with Gasteiger partial charge in [0.25, 0.3) is 0 Å². The first-order valence-corrected chi connectivity index (χ1v) is 10.6. The summed E-state index contributed by atoms with van der Waals surface area (Å²) >= 11 is 0. The summed E-state index contributed by atoms with van der Waals surface area (Å²) in [6.45, 7) is 16.4. The molecule has 158 valence electrons. The fourth-order valence-corrected chi connectivity index (χ4v) is 3.68. The maximum absolute atomic E-state index is 5.44. The van der Waals surface area contributed by atoms with Crippen molar-refractivity contribution in [3.63, 3.8) is 0 Å². The van der Waals surface area contributed by atoms with Gasteiger partial charge in [-0.15, -0.1) is 0 Å². The standard InChI is InChI=1S/C22H39N5O/c1-18(2)27(19(3)4)10-9-24-22(23-5)25-16-20-7-6-8-21(15-20)17-26-11-13-28-14-12-26/h6-8,15,18-19H,9-14,16-17H2,1-5H3,(H2,23,24,25). The molecule has 1 saturated heterocycles. The summed E-state index contributed by atoms with van der Waals surface area (Å²) in [5.41, 5.74) is 2.63. The molecule has 0 radical (unpaired) electrons. The molecule has 6 nitrogen and oxygen atoms in total. The third kappa shape index (κ3) is 7.78. The van der Waals surface area contributed by atoms with E-state index in [1.807, 2.05) is 7.05 Å². The number of hydrogen-bond acceptors (Lipinski definition) is 4. The SMILES string of the molecule is CN=C(NCCN(C(C)C)C(C)C)NCc1cccc(CN2CCOCC2)c1. The number of aliphatic imine (C=N–C) groups is 1. The van der Waals surface area contributed by atoms with Crippen LogP contribution in [0.2, 0.25) is 0 Å². The predicted octanol–water partition coefficient (Wildman–Crippen LogP) is 2.30. The van der Waals surface area contributed by atoms with Gasteiger partial charge in [0.1, 0.15) is 0 Å². The van der Waals surface area contributed by atoms with E-state index in [1.165, 1.54) is 11.1 Å². The smallest absolute Gasteiger partial charge is 0.191 e. The van der Waals surface area contributed by atoms with Crippen molar-refractivity contribution in [3.8, 4) is 0 Å². The zero-order valence-electron chi connectivity index (χ0n) is 18.4. The third-order valence-electron chi connectivity index (χ3n) is 5.17. The summed E-state index contributed by atoms with van der Waals surface area (Å²) < 4.78 is 5.44. The summed E-state index contributed by atoms with van der Waals surface area (Å²) in [5, 5.41) is 6.87. The summed E-state index contributed by atoms with van der Waals surface area (Å²) in [7, 11) is 1.83. The largest absolute Gasteiger partial charge is 0.379 e. The monoisotopic (exact) mass is 389 g/mol. The Labute approximate surface area is 171 Å². The van der Waals surface area contributed by atoms with Gasteiger partial charge < -0.3 is 15.4 Å². The minimum atomic E-state index is 0.547. The van der Waals surface area contributed by atoms with E-state index < -0.39 is 0 Å². The van der Waals surface area contributed by atoms with E-state index in [-0.39, 0.29) is 0 Å². The predicted molar refractivity (Wildman–Crippen MR) is 118 cm³/mol. The Morgan fingerprint density at radius 3 is 2.43 bits per heavy atom. The van der Waals surface area contributed by atoms with E-state index in [4.69, 9.17) is 4.74 Å². The van der Waals surface area contributed by atoms with Crippen LogP contribution < -0.4 is 10.6 Å². The first-order chi connectivity index (χ1) is 13.5. The van der Waals surface area contributed by atoms with Crippen LogP contribution in [0.5, 0.6) is 0 Å². The lowest BCUT2D eigenvalue weighted by atomic mass is 10.1. The molecule has 1 aliphatic heterocycles. The lowest BCUT2D eigenvalue weighted by molar-refractivity contribution is 0.0342. The van der Waals surface area contributed by atoms with Crippen LogP contribution in [-0.2, 0) is 17.8 Å². The summed E-state index contributed by atoms with van der Waals surface area (Å²) in [6.07, 6.45) is 0. The molecule has 1 aliphatic rings.